The van der Waals surface area contributed by atoms with Gasteiger partial charge in [0.25, 0.3) is 5.91 Å². The molecule has 1 fully saturated rings. The summed E-state index contributed by atoms with van der Waals surface area (Å²) in [5, 5.41) is 6.54. The Morgan fingerprint density at radius 2 is 1.94 bits per heavy atom. The molecule has 2 aliphatic rings. The molecule has 0 radical (unpaired) electrons. The maximum Gasteiger partial charge on any atom is 0.253 e. The van der Waals surface area contributed by atoms with Gasteiger partial charge in [0.05, 0.1) is 11.3 Å². The highest BCUT2D eigenvalue weighted by molar-refractivity contribution is 5.97. The second-order valence-corrected chi connectivity index (χ2v) is 9.36. The fraction of sp³-hybridized carbons (Fsp3) is 0.444. The van der Waals surface area contributed by atoms with Gasteiger partial charge in [-0.2, -0.15) is 0 Å². The third-order valence-corrected chi connectivity index (χ3v) is 6.94. The lowest BCUT2D eigenvalue weighted by molar-refractivity contribution is 0.0946. The number of carbonyl (C=O) groups excluding carboxylic acids is 1. The Morgan fingerprint density at radius 1 is 1.03 bits per heavy atom. The molecule has 6 heteroatoms. The maximum atomic E-state index is 12.1. The number of amides is 1. The number of aromatic amines is 1. The molecule has 3 N–H and O–H groups in total. The molecule has 1 aliphatic heterocycles. The molecule has 0 saturated heterocycles. The van der Waals surface area contributed by atoms with Crippen molar-refractivity contribution in [2.45, 2.75) is 51.4 Å². The zero-order chi connectivity index (χ0) is 22.5. The average molecular weight is 444 g/mol. The van der Waals surface area contributed by atoms with E-state index >= 15 is 0 Å². The lowest BCUT2D eigenvalue weighted by atomic mass is 9.89. The lowest BCUT2D eigenvalue weighted by Crippen LogP contribution is -2.31. The van der Waals surface area contributed by atoms with Gasteiger partial charge in [-0.15, -0.1) is 0 Å². The van der Waals surface area contributed by atoms with Crippen molar-refractivity contribution in [3.63, 3.8) is 0 Å². The smallest absolute Gasteiger partial charge is 0.253 e. The van der Waals surface area contributed by atoms with Crippen LogP contribution in [0.2, 0.25) is 0 Å². The minimum atomic E-state index is -0.00277. The normalized spacial score (nSPS) is 16.4. The second-order valence-electron chi connectivity index (χ2n) is 9.36. The summed E-state index contributed by atoms with van der Waals surface area (Å²) in [7, 11) is 0. The number of fused-ring (bicyclic) bond motifs is 1. The van der Waals surface area contributed by atoms with E-state index in [9.17, 15) is 4.79 Å². The van der Waals surface area contributed by atoms with Gasteiger partial charge in [-0.25, -0.2) is 0 Å². The first-order valence-electron chi connectivity index (χ1n) is 12.4. The van der Waals surface area contributed by atoms with Crippen molar-refractivity contribution >= 4 is 5.91 Å². The van der Waals surface area contributed by atoms with E-state index in [1.54, 1.807) is 0 Å². The van der Waals surface area contributed by atoms with E-state index in [0.29, 0.717) is 6.54 Å². The van der Waals surface area contributed by atoms with Crippen LogP contribution in [0, 0.1) is 5.92 Å². The number of nitrogens with one attached hydrogen (secondary N) is 3. The molecule has 0 unspecified atom stereocenters. The quantitative estimate of drug-likeness (QED) is 0.447. The zero-order valence-electron chi connectivity index (χ0n) is 19.2. The van der Waals surface area contributed by atoms with E-state index in [2.05, 4.69) is 43.8 Å². The van der Waals surface area contributed by atoms with Gasteiger partial charge in [0, 0.05) is 53.6 Å². The monoisotopic (exact) mass is 443 g/mol. The highest BCUT2D eigenvalue weighted by Crippen LogP contribution is 2.27. The molecule has 1 aliphatic carbocycles. The first kappa shape index (κ1) is 21.8. The van der Waals surface area contributed by atoms with Crippen LogP contribution in [0.15, 0.2) is 42.7 Å². The Morgan fingerprint density at radius 3 is 2.76 bits per heavy atom. The maximum absolute atomic E-state index is 12.1. The number of pyridine rings is 2. The summed E-state index contributed by atoms with van der Waals surface area (Å²) in [6.07, 6.45) is 13.7. The van der Waals surface area contributed by atoms with Crippen LogP contribution in [-0.2, 0) is 12.8 Å². The van der Waals surface area contributed by atoms with E-state index in [4.69, 9.17) is 0 Å². The minimum absolute atomic E-state index is 0.00277. The van der Waals surface area contributed by atoms with Crippen LogP contribution >= 0.6 is 0 Å². The van der Waals surface area contributed by atoms with Crippen LogP contribution in [0.25, 0.3) is 22.5 Å². The molecular formula is C27H33N5O. The SMILES string of the molecule is O=C1NCCc2[nH]c(-c3ccnc(-c4ccc(CCCNCC5CCCCC5)nc4)c3)cc21. The Labute approximate surface area is 195 Å². The van der Waals surface area contributed by atoms with Crippen molar-refractivity contribution in [2.24, 2.45) is 5.92 Å². The highest BCUT2D eigenvalue weighted by Gasteiger charge is 2.20. The van der Waals surface area contributed by atoms with E-state index in [0.717, 1.165) is 71.2 Å². The Balaban J connectivity index is 1.17. The summed E-state index contributed by atoms with van der Waals surface area (Å²) in [6, 6.07) is 10.2. The van der Waals surface area contributed by atoms with Crippen LogP contribution in [0.3, 0.4) is 0 Å². The predicted molar refractivity (Wildman–Crippen MR) is 131 cm³/mol. The Kier molecular flexibility index (Phi) is 6.81. The third kappa shape index (κ3) is 5.33. The number of aromatic nitrogens is 3. The number of H-pyrrole nitrogens is 1. The lowest BCUT2D eigenvalue weighted by Gasteiger charge is -2.21. The van der Waals surface area contributed by atoms with Crippen molar-refractivity contribution in [3.8, 4) is 22.5 Å². The molecule has 1 amide bonds. The van der Waals surface area contributed by atoms with Crippen LogP contribution < -0.4 is 10.6 Å². The van der Waals surface area contributed by atoms with E-state index < -0.39 is 0 Å². The number of hydrogen-bond donors (Lipinski definition) is 3. The standard InChI is InChI=1S/C27H33N5O/c33-27-23-16-26(32-24(23)11-14-30-27)20-10-13-29-25(15-20)21-8-9-22(31-18-21)7-4-12-28-17-19-5-2-1-3-6-19/h8-10,13,15-16,18-19,28,32H,1-7,11-12,14,17H2,(H,30,33). The molecule has 0 aromatic carbocycles. The molecule has 5 rings (SSSR count). The summed E-state index contributed by atoms with van der Waals surface area (Å²) in [4.78, 5) is 24.7. The summed E-state index contributed by atoms with van der Waals surface area (Å²) >= 11 is 0. The van der Waals surface area contributed by atoms with Crippen molar-refractivity contribution in [3.05, 3.63) is 59.7 Å². The first-order valence-corrected chi connectivity index (χ1v) is 12.4. The Hall–Kier alpha value is -2.99. The number of carbonyl (C=O) groups is 1. The van der Waals surface area contributed by atoms with Crippen molar-refractivity contribution in [2.75, 3.05) is 19.6 Å². The minimum Gasteiger partial charge on any atom is -0.358 e. The second kappa shape index (κ2) is 10.3. The fourth-order valence-electron chi connectivity index (χ4n) is 5.02. The van der Waals surface area contributed by atoms with Crippen molar-refractivity contribution in [1.82, 2.24) is 25.6 Å². The predicted octanol–water partition coefficient (Wildman–Crippen LogP) is 4.53. The van der Waals surface area contributed by atoms with E-state index in [-0.39, 0.29) is 5.91 Å². The molecule has 3 aromatic heterocycles. The number of hydrogen-bond acceptors (Lipinski definition) is 4. The van der Waals surface area contributed by atoms with Gasteiger partial charge < -0.3 is 15.6 Å². The van der Waals surface area contributed by atoms with Crippen LogP contribution in [0.4, 0.5) is 0 Å². The molecule has 0 spiro atoms. The van der Waals surface area contributed by atoms with Gasteiger partial charge in [0.2, 0.25) is 0 Å². The fourth-order valence-corrected chi connectivity index (χ4v) is 5.02. The van der Waals surface area contributed by atoms with Crippen LogP contribution in [-0.4, -0.2) is 40.5 Å². The van der Waals surface area contributed by atoms with Crippen LogP contribution in [0.1, 0.15) is 60.3 Å². The summed E-state index contributed by atoms with van der Waals surface area (Å²) < 4.78 is 0. The number of nitrogens with zero attached hydrogens (tertiary/aromatic N) is 2. The molecule has 6 nitrogen and oxygen atoms in total. The summed E-state index contributed by atoms with van der Waals surface area (Å²) in [5.41, 5.74) is 6.74. The van der Waals surface area contributed by atoms with E-state index in [1.807, 2.05) is 24.5 Å². The molecule has 3 aromatic rings. The molecule has 0 bridgehead atoms. The van der Waals surface area contributed by atoms with Gasteiger partial charge in [0.15, 0.2) is 0 Å². The molecular weight excluding hydrogens is 410 g/mol. The topological polar surface area (TPSA) is 82.7 Å². The van der Waals surface area contributed by atoms with Gasteiger partial charge in [-0.05, 0) is 75.0 Å². The van der Waals surface area contributed by atoms with Crippen molar-refractivity contribution < 1.29 is 4.79 Å². The first-order chi connectivity index (χ1) is 16.3. The molecule has 172 valence electrons. The van der Waals surface area contributed by atoms with Gasteiger partial charge in [-0.1, -0.05) is 19.3 Å². The largest absolute Gasteiger partial charge is 0.358 e. The average Bonchev–Trinajstić information content (AvgIpc) is 3.31. The van der Waals surface area contributed by atoms with Crippen molar-refractivity contribution in [1.29, 1.82) is 0 Å². The molecule has 1 saturated carbocycles. The molecule has 4 heterocycles. The number of aryl methyl sites for hydroxylation is 1. The highest BCUT2D eigenvalue weighted by atomic mass is 16.1. The molecule has 33 heavy (non-hydrogen) atoms. The van der Waals surface area contributed by atoms with Crippen LogP contribution in [0.5, 0.6) is 0 Å². The third-order valence-electron chi connectivity index (χ3n) is 6.94. The van der Waals surface area contributed by atoms with Gasteiger partial charge in [0.1, 0.15) is 0 Å². The van der Waals surface area contributed by atoms with E-state index in [1.165, 1.54) is 38.6 Å². The Bertz CT molecular complexity index is 1080. The molecule has 0 atom stereocenters. The van der Waals surface area contributed by atoms with Gasteiger partial charge >= 0.3 is 0 Å². The summed E-state index contributed by atoms with van der Waals surface area (Å²) in [5.74, 6) is 0.880. The van der Waals surface area contributed by atoms with Gasteiger partial charge in [-0.3, -0.25) is 14.8 Å². The number of rotatable bonds is 8. The zero-order valence-corrected chi connectivity index (χ0v) is 19.2. The summed E-state index contributed by atoms with van der Waals surface area (Å²) in [6.45, 7) is 2.91.